The van der Waals surface area contributed by atoms with Gasteiger partial charge in [0, 0.05) is 4.90 Å². The molecule has 1 N–H and O–H groups in total. The van der Waals surface area contributed by atoms with Crippen LogP contribution < -0.4 is 14.4 Å². The number of fused-ring (bicyclic) bond motifs is 1. The highest BCUT2D eigenvalue weighted by Gasteiger charge is 2.35. The van der Waals surface area contributed by atoms with Gasteiger partial charge in [-0.05, 0) is 42.3 Å². The van der Waals surface area contributed by atoms with Crippen LogP contribution in [-0.4, -0.2) is 52.6 Å². The van der Waals surface area contributed by atoms with Crippen molar-refractivity contribution in [3.63, 3.8) is 0 Å². The molecule has 1 heterocycles. The van der Waals surface area contributed by atoms with Crippen molar-refractivity contribution in [2.24, 2.45) is 0 Å². The van der Waals surface area contributed by atoms with Crippen molar-refractivity contribution in [3.8, 4) is 5.75 Å². The van der Waals surface area contributed by atoms with E-state index in [4.69, 9.17) is 9.47 Å². The Morgan fingerprint density at radius 3 is 2.47 bits per heavy atom. The summed E-state index contributed by atoms with van der Waals surface area (Å²) in [4.78, 5) is 27.3. The van der Waals surface area contributed by atoms with Crippen molar-refractivity contribution in [1.29, 1.82) is 0 Å². The molecule has 0 radical (unpaired) electrons. The van der Waals surface area contributed by atoms with Gasteiger partial charge in [0.15, 0.2) is 0 Å². The molecule has 0 spiro atoms. The molecule has 8 nitrogen and oxygen atoms in total. The average molecular weight is 451 g/mol. The van der Waals surface area contributed by atoms with E-state index >= 15 is 0 Å². The molecule has 1 amide bonds. The summed E-state index contributed by atoms with van der Waals surface area (Å²) < 4.78 is 35.4. The van der Waals surface area contributed by atoms with E-state index in [2.05, 4.69) is 4.72 Å². The lowest BCUT2D eigenvalue weighted by Crippen LogP contribution is -2.44. The number of esters is 1. The standard InChI is InChI=1S/C20H22N2O6S2/c1-27-15-7-4-13(5-8-15)10-18-20(24)22(12-19(23)28-2)16-11-14(21-30(3,25)26)6-9-17(16)29-18/h4-9,11,18,21H,10,12H2,1-3H3. The van der Waals surface area contributed by atoms with Crippen molar-refractivity contribution in [2.75, 3.05) is 36.6 Å². The number of amides is 1. The third-order valence-electron chi connectivity index (χ3n) is 4.46. The number of methoxy groups -OCH3 is 2. The first kappa shape index (κ1) is 22.0. The smallest absolute Gasteiger partial charge is 0.325 e. The zero-order valence-corrected chi connectivity index (χ0v) is 18.4. The third kappa shape index (κ3) is 5.25. The van der Waals surface area contributed by atoms with Gasteiger partial charge in [-0.1, -0.05) is 12.1 Å². The summed E-state index contributed by atoms with van der Waals surface area (Å²) in [5.41, 5.74) is 1.74. The van der Waals surface area contributed by atoms with E-state index in [1.165, 1.54) is 23.8 Å². The highest BCUT2D eigenvalue weighted by atomic mass is 32.2. The Morgan fingerprint density at radius 1 is 1.17 bits per heavy atom. The normalized spacial score (nSPS) is 16.0. The predicted molar refractivity (Wildman–Crippen MR) is 116 cm³/mol. The predicted octanol–water partition coefficient (Wildman–Crippen LogP) is 2.29. The minimum atomic E-state index is -3.48. The maximum atomic E-state index is 13.2. The van der Waals surface area contributed by atoms with E-state index in [0.717, 1.165) is 22.5 Å². The Morgan fingerprint density at radius 2 is 1.87 bits per heavy atom. The second kappa shape index (κ2) is 8.97. The summed E-state index contributed by atoms with van der Waals surface area (Å²) in [6.45, 7) is -0.260. The number of sulfonamides is 1. The van der Waals surface area contributed by atoms with Crippen LogP contribution in [0.25, 0.3) is 0 Å². The minimum absolute atomic E-state index is 0.245. The van der Waals surface area contributed by atoms with Crippen LogP contribution in [-0.2, 0) is 30.8 Å². The van der Waals surface area contributed by atoms with Crippen molar-refractivity contribution in [3.05, 3.63) is 48.0 Å². The molecule has 1 atom stereocenters. The summed E-state index contributed by atoms with van der Waals surface area (Å²) in [5, 5.41) is -0.440. The molecule has 2 aromatic carbocycles. The van der Waals surface area contributed by atoms with Crippen LogP contribution in [0, 0.1) is 0 Å². The first-order valence-corrected chi connectivity index (χ1v) is 11.8. The maximum absolute atomic E-state index is 13.2. The maximum Gasteiger partial charge on any atom is 0.325 e. The van der Waals surface area contributed by atoms with Crippen LogP contribution in [0.2, 0.25) is 0 Å². The number of benzene rings is 2. The first-order valence-electron chi connectivity index (χ1n) is 9.00. The molecule has 0 saturated carbocycles. The Kier molecular flexibility index (Phi) is 6.57. The first-order chi connectivity index (χ1) is 14.2. The molecule has 0 aromatic heterocycles. The van der Waals surface area contributed by atoms with E-state index in [9.17, 15) is 18.0 Å². The molecular weight excluding hydrogens is 428 g/mol. The topological polar surface area (TPSA) is 102 Å². The summed E-state index contributed by atoms with van der Waals surface area (Å²) in [6, 6.07) is 12.4. The highest BCUT2D eigenvalue weighted by molar-refractivity contribution is 8.01. The second-order valence-electron chi connectivity index (χ2n) is 6.72. The van der Waals surface area contributed by atoms with Crippen LogP contribution in [0.4, 0.5) is 11.4 Å². The molecule has 0 bridgehead atoms. The average Bonchev–Trinajstić information content (AvgIpc) is 2.70. The molecule has 2 aromatic rings. The van der Waals surface area contributed by atoms with Crippen molar-refractivity contribution < 1.29 is 27.5 Å². The number of hydrogen-bond acceptors (Lipinski definition) is 7. The lowest BCUT2D eigenvalue weighted by molar-refractivity contribution is -0.140. The monoisotopic (exact) mass is 450 g/mol. The van der Waals surface area contributed by atoms with E-state index in [1.54, 1.807) is 25.3 Å². The van der Waals surface area contributed by atoms with Crippen LogP contribution in [0.3, 0.4) is 0 Å². The number of carbonyl (C=O) groups is 2. The van der Waals surface area contributed by atoms with E-state index in [0.29, 0.717) is 17.8 Å². The van der Waals surface area contributed by atoms with Crippen molar-refractivity contribution >= 4 is 45.0 Å². The number of hydrogen-bond donors (Lipinski definition) is 1. The number of rotatable bonds is 7. The Balaban J connectivity index is 1.92. The third-order valence-corrected chi connectivity index (χ3v) is 6.32. The van der Waals surface area contributed by atoms with Gasteiger partial charge in [-0.3, -0.25) is 19.2 Å². The van der Waals surface area contributed by atoms with Gasteiger partial charge in [-0.25, -0.2) is 8.42 Å². The Labute approximate surface area is 179 Å². The quantitative estimate of drug-likeness (QED) is 0.646. The fraction of sp³-hybridized carbons (Fsp3) is 0.300. The fourth-order valence-corrected chi connectivity index (χ4v) is 4.87. The molecular formula is C20H22N2O6S2. The summed E-state index contributed by atoms with van der Waals surface area (Å²) in [5.74, 6) is -0.0824. The molecule has 1 aliphatic heterocycles. The molecule has 30 heavy (non-hydrogen) atoms. The fourth-order valence-electron chi connectivity index (χ4n) is 3.06. The lowest BCUT2D eigenvalue weighted by Gasteiger charge is -2.33. The van der Waals surface area contributed by atoms with Gasteiger partial charge in [0.2, 0.25) is 15.9 Å². The molecule has 0 fully saturated rings. The number of anilines is 2. The SMILES string of the molecule is COC(=O)CN1C(=O)C(Cc2ccc(OC)cc2)Sc2ccc(NS(C)(=O)=O)cc21. The van der Waals surface area contributed by atoms with Gasteiger partial charge >= 0.3 is 5.97 Å². The highest BCUT2D eigenvalue weighted by Crippen LogP contribution is 2.42. The Bertz CT molecular complexity index is 1050. The van der Waals surface area contributed by atoms with Gasteiger partial charge in [0.05, 0.1) is 37.1 Å². The van der Waals surface area contributed by atoms with Gasteiger partial charge in [0.25, 0.3) is 0 Å². The summed E-state index contributed by atoms with van der Waals surface area (Å²) >= 11 is 1.38. The van der Waals surface area contributed by atoms with Gasteiger partial charge < -0.3 is 9.47 Å². The van der Waals surface area contributed by atoms with Crippen molar-refractivity contribution in [2.45, 2.75) is 16.6 Å². The zero-order chi connectivity index (χ0) is 21.9. The van der Waals surface area contributed by atoms with Gasteiger partial charge in [-0.2, -0.15) is 0 Å². The minimum Gasteiger partial charge on any atom is -0.497 e. The molecule has 10 heteroatoms. The summed E-state index contributed by atoms with van der Waals surface area (Å²) in [6.07, 6.45) is 1.51. The molecule has 1 unspecified atom stereocenters. The van der Waals surface area contributed by atoms with Crippen LogP contribution in [0.15, 0.2) is 47.4 Å². The number of carbonyl (C=O) groups excluding carboxylic acids is 2. The summed E-state index contributed by atoms with van der Waals surface area (Å²) in [7, 11) is -0.642. The molecule has 160 valence electrons. The van der Waals surface area contributed by atoms with E-state index in [1.807, 2.05) is 24.3 Å². The Hall–Kier alpha value is -2.72. The van der Waals surface area contributed by atoms with Crippen LogP contribution in [0.5, 0.6) is 5.75 Å². The molecule has 0 saturated heterocycles. The molecule has 0 aliphatic carbocycles. The second-order valence-corrected chi connectivity index (χ2v) is 9.71. The van der Waals surface area contributed by atoms with Crippen LogP contribution >= 0.6 is 11.8 Å². The van der Waals surface area contributed by atoms with Crippen LogP contribution in [0.1, 0.15) is 5.56 Å². The number of ether oxygens (including phenoxy) is 2. The lowest BCUT2D eigenvalue weighted by atomic mass is 10.1. The molecule has 3 rings (SSSR count). The zero-order valence-electron chi connectivity index (χ0n) is 16.7. The van der Waals surface area contributed by atoms with Crippen molar-refractivity contribution in [1.82, 2.24) is 0 Å². The van der Waals surface area contributed by atoms with E-state index in [-0.39, 0.29) is 12.5 Å². The van der Waals surface area contributed by atoms with Gasteiger partial charge in [-0.15, -0.1) is 11.8 Å². The van der Waals surface area contributed by atoms with E-state index < -0.39 is 21.2 Å². The van der Waals surface area contributed by atoms with Gasteiger partial charge in [0.1, 0.15) is 12.3 Å². The number of thioether (sulfide) groups is 1. The number of nitrogens with zero attached hydrogens (tertiary/aromatic N) is 1. The largest absolute Gasteiger partial charge is 0.497 e. The molecule has 1 aliphatic rings. The number of nitrogens with one attached hydrogen (secondary N) is 1.